The van der Waals surface area contributed by atoms with Gasteiger partial charge in [-0.3, -0.25) is 19.3 Å². The number of rotatable bonds is 6. The van der Waals surface area contributed by atoms with E-state index in [4.69, 9.17) is 4.74 Å². The summed E-state index contributed by atoms with van der Waals surface area (Å²) in [6.07, 6.45) is -0.124. The molecule has 5 rings (SSSR count). The summed E-state index contributed by atoms with van der Waals surface area (Å²) in [5.74, 6) is 10.8. The molecular formula is C36H39FN4O5. The van der Waals surface area contributed by atoms with E-state index in [-0.39, 0.29) is 49.8 Å². The molecule has 3 aliphatic rings. The number of carbonyl (C=O) groups excluding carboxylic acids is 4. The fourth-order valence-corrected chi connectivity index (χ4v) is 5.65. The van der Waals surface area contributed by atoms with Crippen molar-refractivity contribution in [1.29, 1.82) is 0 Å². The quantitative estimate of drug-likeness (QED) is 0.476. The minimum absolute atomic E-state index is 0.00867. The average Bonchev–Trinajstić information content (AvgIpc) is 3.68. The first-order valence-electron chi connectivity index (χ1n) is 15.7. The van der Waals surface area contributed by atoms with Crippen molar-refractivity contribution in [2.75, 3.05) is 19.6 Å². The Labute approximate surface area is 269 Å². The van der Waals surface area contributed by atoms with Crippen molar-refractivity contribution >= 4 is 23.8 Å². The highest BCUT2D eigenvalue weighted by atomic mass is 19.1. The van der Waals surface area contributed by atoms with Crippen LogP contribution >= 0.6 is 0 Å². The van der Waals surface area contributed by atoms with E-state index >= 15 is 0 Å². The summed E-state index contributed by atoms with van der Waals surface area (Å²) >= 11 is 0. The van der Waals surface area contributed by atoms with Gasteiger partial charge in [0.25, 0.3) is 5.91 Å². The second-order valence-electron chi connectivity index (χ2n) is 13.0. The van der Waals surface area contributed by atoms with Crippen LogP contribution in [0, 0.1) is 29.6 Å². The number of nitrogens with zero attached hydrogens (tertiary/aromatic N) is 2. The predicted octanol–water partition coefficient (Wildman–Crippen LogP) is 3.66. The number of ether oxygens (including phenoxy) is 1. The number of likely N-dealkylation sites (tertiary alicyclic amines) is 2. The van der Waals surface area contributed by atoms with Crippen molar-refractivity contribution in [2.24, 2.45) is 5.92 Å². The molecular weight excluding hydrogens is 587 g/mol. The first kappa shape index (κ1) is 32.6. The molecule has 4 atom stereocenters. The van der Waals surface area contributed by atoms with Crippen LogP contribution in [0.25, 0.3) is 0 Å². The Kier molecular flexibility index (Phi) is 9.96. The summed E-state index contributed by atoms with van der Waals surface area (Å²) in [5, 5.41) is 5.87. The van der Waals surface area contributed by atoms with Crippen LogP contribution in [-0.4, -0.2) is 83.1 Å². The Morgan fingerprint density at radius 3 is 2.17 bits per heavy atom. The van der Waals surface area contributed by atoms with Crippen LogP contribution in [-0.2, 0) is 14.3 Å². The zero-order chi connectivity index (χ0) is 32.8. The highest BCUT2D eigenvalue weighted by Gasteiger charge is 2.45. The predicted molar refractivity (Wildman–Crippen MR) is 170 cm³/mol. The molecule has 0 aromatic heterocycles. The number of alkyl halides is 1. The van der Waals surface area contributed by atoms with Gasteiger partial charge in [0, 0.05) is 48.2 Å². The van der Waals surface area contributed by atoms with E-state index < -0.39 is 35.9 Å². The first-order chi connectivity index (χ1) is 22.0. The van der Waals surface area contributed by atoms with Crippen molar-refractivity contribution in [3.05, 3.63) is 71.3 Å². The number of hydrogen-bond acceptors (Lipinski definition) is 5. The Balaban J connectivity index is 1.17. The van der Waals surface area contributed by atoms with Crippen LogP contribution in [0.3, 0.4) is 0 Å². The van der Waals surface area contributed by atoms with Crippen LogP contribution in [0.15, 0.2) is 54.6 Å². The van der Waals surface area contributed by atoms with Gasteiger partial charge in [0.05, 0.1) is 12.6 Å². The Morgan fingerprint density at radius 2 is 1.54 bits per heavy atom. The molecule has 2 saturated heterocycles. The maximum Gasteiger partial charge on any atom is 0.411 e. The van der Waals surface area contributed by atoms with Crippen LogP contribution in [0.4, 0.5) is 9.18 Å². The molecule has 0 radical (unpaired) electrons. The number of carbonyl (C=O) groups is 4. The van der Waals surface area contributed by atoms with E-state index in [0.29, 0.717) is 12.0 Å². The molecule has 3 fully saturated rings. The van der Waals surface area contributed by atoms with E-state index in [1.807, 2.05) is 30.3 Å². The maximum atomic E-state index is 14.3. The molecule has 4 amide bonds. The third-order valence-corrected chi connectivity index (χ3v) is 8.05. The van der Waals surface area contributed by atoms with E-state index in [9.17, 15) is 23.6 Å². The molecule has 9 nitrogen and oxygen atoms in total. The highest BCUT2D eigenvalue weighted by Crippen LogP contribution is 2.34. The fourth-order valence-electron chi connectivity index (χ4n) is 5.65. The summed E-state index contributed by atoms with van der Waals surface area (Å²) in [5.41, 5.74) is 1.27. The third-order valence-electron chi connectivity index (χ3n) is 8.05. The molecule has 2 heterocycles. The SMILES string of the molecule is CC(C)(C)OC(=O)N1C[C@@H](F)C[C@H]1C(=O)N[C@@H]1C[C@H](CNC(=O)c2ccc(C#CC#Cc3ccccc3)cc2)N(C(=O)C2CC2)C1. The topological polar surface area (TPSA) is 108 Å². The normalized spacial score (nSPS) is 22.2. The number of hydrogen-bond donors (Lipinski definition) is 2. The Morgan fingerprint density at radius 1 is 0.891 bits per heavy atom. The lowest BCUT2D eigenvalue weighted by molar-refractivity contribution is -0.133. The summed E-state index contributed by atoms with van der Waals surface area (Å²) in [7, 11) is 0. The molecule has 2 aromatic rings. The third kappa shape index (κ3) is 8.66. The van der Waals surface area contributed by atoms with Crippen molar-refractivity contribution in [1.82, 2.24) is 20.4 Å². The summed E-state index contributed by atoms with van der Waals surface area (Å²) in [4.78, 5) is 54.9. The van der Waals surface area contributed by atoms with Crippen LogP contribution in [0.1, 0.15) is 67.9 Å². The van der Waals surface area contributed by atoms with Gasteiger partial charge in [0.15, 0.2) is 0 Å². The lowest BCUT2D eigenvalue weighted by Crippen LogP contribution is -2.50. The molecule has 2 aliphatic heterocycles. The van der Waals surface area contributed by atoms with Gasteiger partial charge in [-0.1, -0.05) is 30.0 Å². The van der Waals surface area contributed by atoms with Gasteiger partial charge in [-0.2, -0.15) is 0 Å². The molecule has 0 unspecified atom stereocenters. The van der Waals surface area contributed by atoms with Gasteiger partial charge in [0.1, 0.15) is 17.8 Å². The van der Waals surface area contributed by atoms with Crippen LogP contribution in [0.2, 0.25) is 0 Å². The molecule has 2 N–H and O–H groups in total. The highest BCUT2D eigenvalue weighted by molar-refractivity contribution is 5.94. The van der Waals surface area contributed by atoms with E-state index in [2.05, 4.69) is 34.3 Å². The second-order valence-corrected chi connectivity index (χ2v) is 13.0. The fraction of sp³-hybridized carbons (Fsp3) is 0.444. The molecule has 1 saturated carbocycles. The van der Waals surface area contributed by atoms with Crippen LogP contribution < -0.4 is 10.6 Å². The summed E-state index contributed by atoms with van der Waals surface area (Å²) < 4.78 is 19.7. The van der Waals surface area contributed by atoms with Gasteiger partial charge in [-0.15, -0.1) is 0 Å². The zero-order valence-electron chi connectivity index (χ0n) is 26.3. The molecule has 1 aliphatic carbocycles. The molecule has 2 aromatic carbocycles. The van der Waals surface area contributed by atoms with E-state index in [1.165, 1.54) is 0 Å². The van der Waals surface area contributed by atoms with E-state index in [1.54, 1.807) is 49.9 Å². The van der Waals surface area contributed by atoms with Crippen molar-refractivity contribution in [3.8, 4) is 23.7 Å². The van der Waals surface area contributed by atoms with E-state index in [0.717, 1.165) is 28.9 Å². The van der Waals surface area contributed by atoms with Gasteiger partial charge >= 0.3 is 6.09 Å². The monoisotopic (exact) mass is 626 g/mol. The molecule has 240 valence electrons. The van der Waals surface area contributed by atoms with Crippen molar-refractivity contribution < 1.29 is 28.3 Å². The lowest BCUT2D eigenvalue weighted by atomic mass is 10.1. The minimum Gasteiger partial charge on any atom is -0.444 e. The second kappa shape index (κ2) is 14.1. The number of amides is 4. The van der Waals surface area contributed by atoms with Gasteiger partial charge in [0.2, 0.25) is 11.8 Å². The van der Waals surface area contributed by atoms with Gasteiger partial charge in [-0.05, 0) is 88.3 Å². The smallest absolute Gasteiger partial charge is 0.411 e. The lowest BCUT2D eigenvalue weighted by Gasteiger charge is -2.28. The first-order valence-corrected chi connectivity index (χ1v) is 15.7. The molecule has 10 heteroatoms. The Bertz CT molecular complexity index is 1580. The standard InChI is InChI=1S/C36H39FN4O5/c1-36(2,3)46-35(45)41-22-28(37)19-31(41)33(43)39-29-20-30(40(23-29)34(44)27-17-18-27)21-38-32(42)26-15-13-25(14-16-26)12-8-7-11-24-9-5-4-6-10-24/h4-6,9-10,13-16,27-31H,17-23H2,1-3H3,(H,38,42)(H,39,43)/t28-,29+,30+,31-/m0/s1. The average molecular weight is 627 g/mol. The van der Waals surface area contributed by atoms with Gasteiger partial charge < -0.3 is 20.3 Å². The zero-order valence-corrected chi connectivity index (χ0v) is 26.3. The molecule has 0 spiro atoms. The van der Waals surface area contributed by atoms with Crippen molar-refractivity contribution in [3.63, 3.8) is 0 Å². The van der Waals surface area contributed by atoms with Crippen molar-refractivity contribution in [2.45, 2.75) is 76.4 Å². The number of halogens is 1. The summed E-state index contributed by atoms with van der Waals surface area (Å²) in [6.45, 7) is 5.40. The van der Waals surface area contributed by atoms with Gasteiger partial charge in [-0.25, -0.2) is 9.18 Å². The number of nitrogens with one attached hydrogen (secondary N) is 2. The number of benzene rings is 2. The minimum atomic E-state index is -1.34. The summed E-state index contributed by atoms with van der Waals surface area (Å²) in [6, 6.07) is 14.7. The molecule has 46 heavy (non-hydrogen) atoms. The maximum absolute atomic E-state index is 14.3. The Hall–Kier alpha value is -4.83. The molecule has 0 bridgehead atoms. The van der Waals surface area contributed by atoms with Crippen LogP contribution in [0.5, 0.6) is 0 Å². The largest absolute Gasteiger partial charge is 0.444 e.